The van der Waals surface area contributed by atoms with Gasteiger partial charge in [0.1, 0.15) is 11.5 Å². The highest BCUT2D eigenvalue weighted by Crippen LogP contribution is 2.47. The van der Waals surface area contributed by atoms with Crippen LogP contribution in [0.2, 0.25) is 0 Å². The van der Waals surface area contributed by atoms with Crippen molar-refractivity contribution in [2.45, 2.75) is 26.2 Å². The van der Waals surface area contributed by atoms with Crippen molar-refractivity contribution in [2.75, 3.05) is 6.61 Å². The van der Waals surface area contributed by atoms with E-state index < -0.39 is 0 Å². The van der Waals surface area contributed by atoms with Gasteiger partial charge < -0.3 is 9.14 Å². The van der Waals surface area contributed by atoms with Crippen LogP contribution in [0.15, 0.2) is 55.2 Å². The number of nitrogens with zero attached hydrogens (tertiary/aromatic N) is 5. The van der Waals surface area contributed by atoms with Crippen molar-refractivity contribution in [3.63, 3.8) is 0 Å². The third-order valence-electron chi connectivity index (χ3n) is 5.24. The van der Waals surface area contributed by atoms with Gasteiger partial charge >= 0.3 is 0 Å². The summed E-state index contributed by atoms with van der Waals surface area (Å²) in [6.45, 7) is 4.58. The first-order valence-electron chi connectivity index (χ1n) is 9.49. The summed E-state index contributed by atoms with van der Waals surface area (Å²) in [5, 5.41) is 0. The van der Waals surface area contributed by atoms with Crippen LogP contribution in [-0.2, 0) is 0 Å². The van der Waals surface area contributed by atoms with E-state index in [-0.39, 0.29) is 0 Å². The van der Waals surface area contributed by atoms with Crippen LogP contribution in [-0.4, -0.2) is 30.9 Å². The van der Waals surface area contributed by atoms with Gasteiger partial charge in [-0.25, -0.2) is 9.97 Å². The predicted molar refractivity (Wildman–Crippen MR) is 106 cm³/mol. The summed E-state index contributed by atoms with van der Waals surface area (Å²) >= 11 is 0. The highest BCUT2D eigenvalue weighted by Gasteiger charge is 2.40. The second-order valence-corrected chi connectivity index (χ2v) is 7.42. The van der Waals surface area contributed by atoms with E-state index in [2.05, 4.69) is 39.0 Å². The lowest BCUT2D eigenvalue weighted by Gasteiger charge is -2.11. The van der Waals surface area contributed by atoms with Crippen LogP contribution in [0.25, 0.3) is 16.8 Å². The molecule has 6 heteroatoms. The van der Waals surface area contributed by atoms with Crippen LogP contribution >= 0.6 is 0 Å². The number of hydrogen-bond acceptors (Lipinski definition) is 5. The van der Waals surface area contributed by atoms with Crippen molar-refractivity contribution in [3.8, 4) is 17.0 Å². The Morgan fingerprint density at radius 2 is 2.00 bits per heavy atom. The SMILES string of the molecule is Cc1ccc(C2CC2COc2nc(C)ncc2-c2ccc3nccn3c2)nc1. The molecule has 1 aliphatic carbocycles. The smallest absolute Gasteiger partial charge is 0.224 e. The summed E-state index contributed by atoms with van der Waals surface area (Å²) in [4.78, 5) is 17.8. The molecule has 5 rings (SSSR count). The predicted octanol–water partition coefficient (Wildman–Crippen LogP) is 3.99. The second kappa shape index (κ2) is 6.71. The third-order valence-corrected chi connectivity index (χ3v) is 5.24. The molecule has 1 fully saturated rings. The molecule has 0 saturated heterocycles. The van der Waals surface area contributed by atoms with E-state index in [1.165, 1.54) is 5.56 Å². The van der Waals surface area contributed by atoms with Gasteiger partial charge in [-0.05, 0) is 44.0 Å². The summed E-state index contributed by atoms with van der Waals surface area (Å²) in [5.41, 5.74) is 5.16. The molecule has 4 aromatic rings. The van der Waals surface area contributed by atoms with E-state index >= 15 is 0 Å². The Labute approximate surface area is 163 Å². The number of rotatable bonds is 5. The van der Waals surface area contributed by atoms with Gasteiger partial charge in [0.25, 0.3) is 0 Å². The second-order valence-electron chi connectivity index (χ2n) is 7.42. The molecule has 0 radical (unpaired) electrons. The molecule has 28 heavy (non-hydrogen) atoms. The lowest BCUT2D eigenvalue weighted by atomic mass is 10.1. The van der Waals surface area contributed by atoms with Gasteiger partial charge in [-0.15, -0.1) is 0 Å². The average molecular weight is 371 g/mol. The monoisotopic (exact) mass is 371 g/mol. The Kier molecular flexibility index (Phi) is 4.04. The zero-order valence-electron chi connectivity index (χ0n) is 15.9. The number of fused-ring (bicyclic) bond motifs is 1. The van der Waals surface area contributed by atoms with Crippen molar-refractivity contribution in [2.24, 2.45) is 5.92 Å². The van der Waals surface area contributed by atoms with Crippen LogP contribution in [0.4, 0.5) is 0 Å². The van der Waals surface area contributed by atoms with Crippen molar-refractivity contribution in [3.05, 3.63) is 72.3 Å². The number of ether oxygens (including phenoxy) is 1. The minimum Gasteiger partial charge on any atom is -0.477 e. The van der Waals surface area contributed by atoms with E-state index in [1.54, 1.807) is 6.20 Å². The maximum atomic E-state index is 6.16. The first kappa shape index (κ1) is 16.9. The van der Waals surface area contributed by atoms with Gasteiger partial charge in [0.05, 0.1) is 12.2 Å². The Bertz CT molecular complexity index is 1140. The Morgan fingerprint density at radius 3 is 2.86 bits per heavy atom. The number of aromatic nitrogens is 5. The molecule has 0 aromatic carbocycles. The molecular weight excluding hydrogens is 350 g/mol. The zero-order chi connectivity index (χ0) is 19.1. The van der Waals surface area contributed by atoms with Crippen molar-refractivity contribution in [1.82, 2.24) is 24.3 Å². The van der Waals surface area contributed by atoms with E-state index in [0.29, 0.717) is 30.1 Å². The van der Waals surface area contributed by atoms with Gasteiger partial charge in [0.2, 0.25) is 5.88 Å². The van der Waals surface area contributed by atoms with Gasteiger partial charge in [0.15, 0.2) is 0 Å². The van der Waals surface area contributed by atoms with E-state index in [1.807, 2.05) is 48.2 Å². The summed E-state index contributed by atoms with van der Waals surface area (Å²) in [7, 11) is 0. The molecule has 140 valence electrons. The molecule has 1 saturated carbocycles. The van der Waals surface area contributed by atoms with Crippen LogP contribution in [0.5, 0.6) is 5.88 Å². The fourth-order valence-corrected chi connectivity index (χ4v) is 3.52. The number of pyridine rings is 2. The number of hydrogen-bond donors (Lipinski definition) is 0. The molecule has 4 aromatic heterocycles. The van der Waals surface area contributed by atoms with Crippen LogP contribution in [0.3, 0.4) is 0 Å². The van der Waals surface area contributed by atoms with Gasteiger partial charge in [0, 0.05) is 54.1 Å². The molecule has 1 aliphatic rings. The van der Waals surface area contributed by atoms with E-state index in [4.69, 9.17) is 4.74 Å². The number of imidazole rings is 1. The third kappa shape index (κ3) is 3.22. The highest BCUT2D eigenvalue weighted by atomic mass is 16.5. The lowest BCUT2D eigenvalue weighted by Crippen LogP contribution is -2.06. The van der Waals surface area contributed by atoms with E-state index in [0.717, 1.165) is 28.9 Å². The van der Waals surface area contributed by atoms with Crippen molar-refractivity contribution >= 4 is 5.65 Å². The van der Waals surface area contributed by atoms with Crippen LogP contribution in [0.1, 0.15) is 29.4 Å². The molecule has 6 nitrogen and oxygen atoms in total. The van der Waals surface area contributed by atoms with Gasteiger partial charge in [-0.2, -0.15) is 4.98 Å². The Balaban J connectivity index is 1.35. The highest BCUT2D eigenvalue weighted by molar-refractivity contribution is 5.68. The van der Waals surface area contributed by atoms with Crippen LogP contribution in [0, 0.1) is 19.8 Å². The van der Waals surface area contributed by atoms with Crippen molar-refractivity contribution < 1.29 is 4.74 Å². The topological polar surface area (TPSA) is 65.2 Å². The molecule has 2 unspecified atom stereocenters. The fourth-order valence-electron chi connectivity index (χ4n) is 3.52. The van der Waals surface area contributed by atoms with Crippen molar-refractivity contribution in [1.29, 1.82) is 0 Å². The fraction of sp³-hybridized carbons (Fsp3) is 0.273. The van der Waals surface area contributed by atoms with Gasteiger partial charge in [-0.1, -0.05) is 6.07 Å². The number of aryl methyl sites for hydroxylation is 2. The normalized spacial score (nSPS) is 18.4. The molecule has 0 aliphatic heterocycles. The molecular formula is C22H21N5O. The maximum Gasteiger partial charge on any atom is 0.224 e. The zero-order valence-corrected chi connectivity index (χ0v) is 15.9. The molecule has 4 heterocycles. The minimum absolute atomic E-state index is 0.481. The van der Waals surface area contributed by atoms with E-state index in [9.17, 15) is 0 Å². The largest absolute Gasteiger partial charge is 0.477 e. The molecule has 0 amide bonds. The molecule has 0 spiro atoms. The summed E-state index contributed by atoms with van der Waals surface area (Å²) < 4.78 is 8.15. The minimum atomic E-state index is 0.481. The molecule has 0 N–H and O–H groups in total. The Hall–Kier alpha value is -3.28. The summed E-state index contributed by atoms with van der Waals surface area (Å²) in [6.07, 6.45) is 10.6. The summed E-state index contributed by atoms with van der Waals surface area (Å²) in [6, 6.07) is 8.26. The first-order chi connectivity index (χ1) is 13.7. The van der Waals surface area contributed by atoms with Gasteiger partial charge in [-0.3, -0.25) is 4.98 Å². The molecule has 2 atom stereocenters. The molecule has 0 bridgehead atoms. The van der Waals surface area contributed by atoms with Crippen LogP contribution < -0.4 is 4.74 Å². The lowest BCUT2D eigenvalue weighted by molar-refractivity contribution is 0.285. The maximum absolute atomic E-state index is 6.16. The Morgan fingerprint density at radius 1 is 1.07 bits per heavy atom. The first-order valence-corrected chi connectivity index (χ1v) is 9.49. The standard InChI is InChI=1S/C22H21N5O/c1-14-3-5-20(25-10-14)18-9-17(18)13-28-22-19(11-24-15(2)26-22)16-4-6-21-23-7-8-27(21)12-16/h3-8,10-12,17-18H,9,13H2,1-2H3. The quantitative estimate of drug-likeness (QED) is 0.531. The summed E-state index contributed by atoms with van der Waals surface area (Å²) in [5.74, 6) is 2.30. The average Bonchev–Trinajstić information content (AvgIpc) is 3.32.